The van der Waals surface area contributed by atoms with Crippen LogP contribution in [0.2, 0.25) is 0 Å². The molecule has 0 unspecified atom stereocenters. The fourth-order valence-electron chi connectivity index (χ4n) is 2.99. The molecule has 0 aliphatic carbocycles. The van der Waals surface area contributed by atoms with Crippen molar-refractivity contribution < 1.29 is 17.8 Å². The van der Waals surface area contributed by atoms with Crippen molar-refractivity contribution in [1.29, 1.82) is 0 Å². The number of sulfonamides is 1. The highest BCUT2D eigenvalue weighted by Crippen LogP contribution is 2.29. The highest BCUT2D eigenvalue weighted by molar-refractivity contribution is 7.89. The van der Waals surface area contributed by atoms with Crippen molar-refractivity contribution in [2.24, 2.45) is 5.10 Å². The Balaban J connectivity index is 2.00. The van der Waals surface area contributed by atoms with Gasteiger partial charge in [0.05, 0.1) is 10.6 Å². The van der Waals surface area contributed by atoms with Crippen LogP contribution in [-0.2, 0) is 10.0 Å². The van der Waals surface area contributed by atoms with Gasteiger partial charge in [0.25, 0.3) is 5.69 Å². The molecule has 0 aliphatic heterocycles. The van der Waals surface area contributed by atoms with E-state index in [1.807, 2.05) is 30.3 Å². The molecule has 1 heterocycles. The molecule has 1 N–H and O–H groups in total. The molecule has 1 aromatic heterocycles. The van der Waals surface area contributed by atoms with Gasteiger partial charge in [-0.2, -0.15) is 9.41 Å². The molecule has 0 fully saturated rings. The molecule has 158 valence electrons. The van der Waals surface area contributed by atoms with Crippen molar-refractivity contribution in [3.63, 3.8) is 0 Å². The second-order valence-electron chi connectivity index (χ2n) is 6.48. The number of hydrazone groups is 1. The van der Waals surface area contributed by atoms with Crippen LogP contribution in [0.5, 0.6) is 0 Å². The average Bonchev–Trinajstić information content (AvgIpc) is 3.17. The molecule has 9 nitrogen and oxygen atoms in total. The molecule has 0 aliphatic rings. The molecule has 2 aromatic carbocycles. The van der Waals surface area contributed by atoms with E-state index in [9.17, 15) is 18.5 Å². The number of hydrogen-bond donors (Lipinski definition) is 1. The van der Waals surface area contributed by atoms with E-state index in [4.69, 9.17) is 4.42 Å². The summed E-state index contributed by atoms with van der Waals surface area (Å²) in [6.45, 7) is 5.60. The second kappa shape index (κ2) is 8.64. The van der Waals surface area contributed by atoms with E-state index in [1.54, 1.807) is 20.8 Å². The third-order valence-electron chi connectivity index (χ3n) is 4.63. The molecule has 0 saturated heterocycles. The molecule has 3 rings (SSSR count). The Morgan fingerprint density at radius 1 is 1.17 bits per heavy atom. The normalized spacial score (nSPS) is 12.5. The monoisotopic (exact) mass is 430 g/mol. The lowest BCUT2D eigenvalue weighted by Gasteiger charge is -2.20. The van der Waals surface area contributed by atoms with E-state index in [2.05, 4.69) is 10.5 Å². The maximum Gasteiger partial charge on any atom is 0.270 e. The largest absolute Gasteiger partial charge is 0.455 e. The smallest absolute Gasteiger partial charge is 0.270 e. The zero-order valence-corrected chi connectivity index (χ0v) is 17.6. The Bertz CT molecular complexity index is 1180. The molecule has 0 amide bonds. The van der Waals surface area contributed by atoms with Gasteiger partial charge in [-0.05, 0) is 25.1 Å². The molecule has 3 aromatic rings. The van der Waals surface area contributed by atoms with Crippen molar-refractivity contribution >= 4 is 38.1 Å². The number of nitro groups is 1. The number of anilines is 1. The number of fused-ring (bicyclic) bond motifs is 1. The summed E-state index contributed by atoms with van der Waals surface area (Å²) in [5, 5.41) is 16.3. The molecule has 0 atom stereocenters. The number of nitrogens with one attached hydrogen (secondary N) is 1. The van der Waals surface area contributed by atoms with E-state index in [-0.39, 0.29) is 29.4 Å². The minimum Gasteiger partial charge on any atom is -0.455 e. The fraction of sp³-hybridized carbons (Fsp3) is 0.250. The Morgan fingerprint density at radius 2 is 1.87 bits per heavy atom. The lowest BCUT2D eigenvalue weighted by molar-refractivity contribution is -0.385. The van der Waals surface area contributed by atoms with E-state index in [1.165, 1.54) is 16.4 Å². The zero-order chi connectivity index (χ0) is 21.9. The number of benzene rings is 2. The average molecular weight is 430 g/mol. The lowest BCUT2D eigenvalue weighted by atomic mass is 10.2. The Hall–Kier alpha value is -3.24. The van der Waals surface area contributed by atoms with Gasteiger partial charge >= 0.3 is 0 Å². The van der Waals surface area contributed by atoms with Gasteiger partial charge in [0.1, 0.15) is 16.2 Å². The summed E-state index contributed by atoms with van der Waals surface area (Å²) < 4.78 is 33.0. The van der Waals surface area contributed by atoms with Crippen LogP contribution < -0.4 is 5.43 Å². The number of nitro benzene ring substituents is 1. The van der Waals surface area contributed by atoms with Gasteiger partial charge in [-0.1, -0.05) is 32.0 Å². The number of nitrogens with zero attached hydrogens (tertiary/aromatic N) is 3. The highest BCUT2D eigenvalue weighted by Gasteiger charge is 2.27. The van der Waals surface area contributed by atoms with Crippen molar-refractivity contribution in [3.8, 4) is 0 Å². The fourth-order valence-corrected chi connectivity index (χ4v) is 4.61. The van der Waals surface area contributed by atoms with E-state index >= 15 is 0 Å². The predicted octanol–water partition coefficient (Wildman–Crippen LogP) is 4.21. The summed E-state index contributed by atoms with van der Waals surface area (Å²) in [6.07, 6.45) is 0. The number of furan rings is 1. The predicted molar refractivity (Wildman–Crippen MR) is 115 cm³/mol. The quantitative estimate of drug-likeness (QED) is 0.325. The Kier molecular flexibility index (Phi) is 6.18. The maximum absolute atomic E-state index is 13.0. The molecular formula is C20H22N4O5S. The van der Waals surface area contributed by atoms with Crippen LogP contribution >= 0.6 is 0 Å². The summed E-state index contributed by atoms with van der Waals surface area (Å²) in [4.78, 5) is 10.3. The third kappa shape index (κ3) is 4.19. The number of para-hydroxylation sites is 1. The topological polar surface area (TPSA) is 118 Å². The van der Waals surface area contributed by atoms with E-state index in [0.29, 0.717) is 17.1 Å². The first kappa shape index (κ1) is 21.5. The van der Waals surface area contributed by atoms with Crippen molar-refractivity contribution in [2.45, 2.75) is 25.7 Å². The number of non-ortho nitro benzene ring substituents is 1. The SMILES string of the molecule is CCN(CC)S(=O)(=O)c1cc([N+](=O)[O-])ccc1N/N=C(/C)c1cc2ccccc2o1. The van der Waals surface area contributed by atoms with Crippen LogP contribution in [0.1, 0.15) is 26.5 Å². The summed E-state index contributed by atoms with van der Waals surface area (Å²) in [5.41, 5.74) is 3.76. The summed E-state index contributed by atoms with van der Waals surface area (Å²) in [7, 11) is -3.95. The maximum atomic E-state index is 13.0. The summed E-state index contributed by atoms with van der Waals surface area (Å²) in [5.74, 6) is 0.527. The minimum absolute atomic E-state index is 0.142. The van der Waals surface area contributed by atoms with Crippen molar-refractivity contribution in [2.75, 3.05) is 18.5 Å². The zero-order valence-electron chi connectivity index (χ0n) is 16.8. The molecule has 30 heavy (non-hydrogen) atoms. The second-order valence-corrected chi connectivity index (χ2v) is 8.39. The van der Waals surface area contributed by atoms with Crippen LogP contribution in [0, 0.1) is 10.1 Å². The van der Waals surface area contributed by atoms with E-state index in [0.717, 1.165) is 11.5 Å². The van der Waals surface area contributed by atoms with Crippen molar-refractivity contribution in [3.05, 3.63) is 64.4 Å². The molecule has 0 bridgehead atoms. The standard InChI is InChI=1S/C20H22N4O5S/c1-4-23(5-2)30(27,28)20-13-16(24(25)26)10-11-17(20)22-21-14(3)19-12-15-8-6-7-9-18(15)29-19/h6-13,22H,4-5H2,1-3H3/b21-14-. The Morgan fingerprint density at radius 3 is 2.50 bits per heavy atom. The molecular weight excluding hydrogens is 408 g/mol. The first-order valence-corrected chi connectivity index (χ1v) is 10.8. The van der Waals surface area contributed by atoms with Gasteiger partial charge in [-0.15, -0.1) is 0 Å². The van der Waals surface area contributed by atoms with Crippen LogP contribution in [0.4, 0.5) is 11.4 Å². The van der Waals surface area contributed by atoms with Gasteiger partial charge in [0.15, 0.2) is 5.76 Å². The van der Waals surface area contributed by atoms with Gasteiger partial charge in [-0.25, -0.2) is 8.42 Å². The van der Waals surface area contributed by atoms with Gasteiger partial charge in [0, 0.05) is 30.6 Å². The van der Waals surface area contributed by atoms with Crippen molar-refractivity contribution in [1.82, 2.24) is 4.31 Å². The minimum atomic E-state index is -3.95. The van der Waals surface area contributed by atoms with Crippen LogP contribution in [0.15, 0.2) is 62.9 Å². The highest BCUT2D eigenvalue weighted by atomic mass is 32.2. The molecule has 0 spiro atoms. The first-order valence-electron chi connectivity index (χ1n) is 9.35. The number of rotatable bonds is 8. The number of hydrogen-bond acceptors (Lipinski definition) is 7. The Labute approximate surface area is 174 Å². The van der Waals surface area contributed by atoms with Crippen LogP contribution in [0.3, 0.4) is 0 Å². The molecule has 0 saturated carbocycles. The summed E-state index contributed by atoms with van der Waals surface area (Å²) >= 11 is 0. The van der Waals surface area contributed by atoms with Gasteiger partial charge in [0.2, 0.25) is 10.0 Å². The third-order valence-corrected chi connectivity index (χ3v) is 6.72. The van der Waals surface area contributed by atoms with E-state index < -0.39 is 14.9 Å². The first-order chi connectivity index (χ1) is 14.3. The van der Waals surface area contributed by atoms with Gasteiger partial charge < -0.3 is 4.42 Å². The van der Waals surface area contributed by atoms with Crippen LogP contribution in [-0.4, -0.2) is 36.4 Å². The molecule has 0 radical (unpaired) electrons. The molecule has 10 heteroatoms. The van der Waals surface area contributed by atoms with Crippen LogP contribution in [0.25, 0.3) is 11.0 Å². The van der Waals surface area contributed by atoms with Gasteiger partial charge in [-0.3, -0.25) is 15.5 Å². The summed E-state index contributed by atoms with van der Waals surface area (Å²) in [6, 6.07) is 13.0. The lowest BCUT2D eigenvalue weighted by Crippen LogP contribution is -2.31.